The van der Waals surface area contributed by atoms with Crippen molar-refractivity contribution in [3.8, 4) is 0 Å². The minimum Gasteiger partial charge on any atom is -0.480 e. The summed E-state index contributed by atoms with van der Waals surface area (Å²) in [6.07, 6.45) is 2.86. The van der Waals surface area contributed by atoms with Gasteiger partial charge in [-0.1, -0.05) is 44.0 Å². The molecule has 0 saturated carbocycles. The molecule has 0 fully saturated rings. The van der Waals surface area contributed by atoms with Crippen LogP contribution in [0.25, 0.3) is 0 Å². The molecule has 0 aromatic heterocycles. The van der Waals surface area contributed by atoms with E-state index in [1.54, 1.807) is 0 Å². The van der Waals surface area contributed by atoms with Gasteiger partial charge < -0.3 is 15.2 Å². The first-order chi connectivity index (χ1) is 10.6. The van der Waals surface area contributed by atoms with Crippen molar-refractivity contribution in [2.75, 3.05) is 6.61 Å². The summed E-state index contributed by atoms with van der Waals surface area (Å²) >= 11 is 0. The van der Waals surface area contributed by atoms with E-state index in [0.717, 1.165) is 24.8 Å². The van der Waals surface area contributed by atoms with Crippen molar-refractivity contribution in [3.63, 3.8) is 0 Å². The summed E-state index contributed by atoms with van der Waals surface area (Å²) < 4.78 is 5.69. The number of benzene rings is 1. The van der Waals surface area contributed by atoms with Crippen LogP contribution in [0.3, 0.4) is 0 Å². The van der Waals surface area contributed by atoms with Gasteiger partial charge in [-0.2, -0.15) is 0 Å². The molecule has 1 unspecified atom stereocenters. The van der Waals surface area contributed by atoms with Gasteiger partial charge in [-0.05, 0) is 24.0 Å². The largest absolute Gasteiger partial charge is 0.480 e. The summed E-state index contributed by atoms with van der Waals surface area (Å²) in [5.74, 6) is -1.25. The molecule has 1 heterocycles. The lowest BCUT2D eigenvalue weighted by atomic mass is 9.95. The van der Waals surface area contributed by atoms with E-state index in [1.807, 2.05) is 31.2 Å². The number of carboxylic acids is 1. The van der Waals surface area contributed by atoms with Gasteiger partial charge in [-0.15, -0.1) is 0 Å². The zero-order chi connectivity index (χ0) is 15.9. The molecule has 1 aromatic carbocycles. The van der Waals surface area contributed by atoms with Crippen LogP contribution in [0.1, 0.15) is 49.8 Å². The molecule has 5 nitrogen and oxygen atoms in total. The number of carbonyl (C=O) groups excluding carboxylic acids is 1. The van der Waals surface area contributed by atoms with Crippen molar-refractivity contribution in [2.24, 2.45) is 0 Å². The Morgan fingerprint density at radius 2 is 2.18 bits per heavy atom. The van der Waals surface area contributed by atoms with Crippen molar-refractivity contribution < 1.29 is 19.4 Å². The van der Waals surface area contributed by atoms with E-state index in [4.69, 9.17) is 9.84 Å². The van der Waals surface area contributed by atoms with Gasteiger partial charge in [0.15, 0.2) is 0 Å². The quantitative estimate of drug-likeness (QED) is 0.811. The Morgan fingerprint density at radius 3 is 2.91 bits per heavy atom. The van der Waals surface area contributed by atoms with Crippen molar-refractivity contribution in [1.82, 2.24) is 5.32 Å². The second-order valence-electron chi connectivity index (χ2n) is 5.61. The van der Waals surface area contributed by atoms with Crippen LogP contribution in [-0.2, 0) is 20.7 Å². The predicted octanol–water partition coefficient (Wildman–Crippen LogP) is 2.45. The number of carbonyl (C=O) groups is 2. The first kappa shape index (κ1) is 16.5. The molecule has 0 radical (unpaired) electrons. The Bertz CT molecular complexity index is 529. The maximum absolute atomic E-state index is 12.1. The molecular formula is C17H23NO4. The van der Waals surface area contributed by atoms with E-state index in [1.165, 1.54) is 5.56 Å². The van der Waals surface area contributed by atoms with Gasteiger partial charge in [-0.3, -0.25) is 4.79 Å². The van der Waals surface area contributed by atoms with Crippen LogP contribution < -0.4 is 5.32 Å². The van der Waals surface area contributed by atoms with E-state index >= 15 is 0 Å². The van der Waals surface area contributed by atoms with Gasteiger partial charge in [0, 0.05) is 0 Å². The third-order valence-corrected chi connectivity index (χ3v) is 3.94. The molecule has 1 aliphatic heterocycles. The minimum absolute atomic E-state index is 0.160. The number of ether oxygens (including phenoxy) is 1. The second kappa shape index (κ2) is 7.94. The highest BCUT2D eigenvalue weighted by molar-refractivity contribution is 5.83. The van der Waals surface area contributed by atoms with Crippen molar-refractivity contribution in [2.45, 2.75) is 51.2 Å². The first-order valence-electron chi connectivity index (χ1n) is 7.83. The van der Waals surface area contributed by atoms with E-state index in [-0.39, 0.29) is 18.4 Å². The molecule has 0 saturated heterocycles. The number of fused-ring (bicyclic) bond motifs is 1. The predicted molar refractivity (Wildman–Crippen MR) is 82.5 cm³/mol. The standard InChI is InChI=1S/C17H23NO4/c1-2-3-8-14(17(20)21)18-16(19)11-15-13-7-5-4-6-12(13)9-10-22-15/h4-7,14-15H,2-3,8-11H2,1H3,(H,18,19)(H,20,21)/t14-,15?/m0/s1. The number of aliphatic carboxylic acids is 1. The van der Waals surface area contributed by atoms with Gasteiger partial charge in [0.25, 0.3) is 0 Å². The minimum atomic E-state index is -0.980. The summed E-state index contributed by atoms with van der Waals surface area (Å²) in [5, 5.41) is 11.8. The SMILES string of the molecule is CCCC[C@H](NC(=O)CC1OCCc2ccccc21)C(=O)O. The summed E-state index contributed by atoms with van der Waals surface area (Å²) in [6.45, 7) is 2.58. The normalized spacial score (nSPS) is 18.3. The van der Waals surface area contributed by atoms with Gasteiger partial charge in [0.2, 0.25) is 5.91 Å². The van der Waals surface area contributed by atoms with E-state index < -0.39 is 12.0 Å². The molecule has 0 spiro atoms. The molecule has 2 atom stereocenters. The molecule has 2 rings (SSSR count). The third-order valence-electron chi connectivity index (χ3n) is 3.94. The summed E-state index contributed by atoms with van der Waals surface area (Å²) in [6, 6.07) is 7.11. The van der Waals surface area contributed by atoms with Gasteiger partial charge in [-0.25, -0.2) is 4.79 Å². The van der Waals surface area contributed by atoms with Crippen LogP contribution in [0.5, 0.6) is 0 Å². The van der Waals surface area contributed by atoms with Crippen LogP contribution >= 0.6 is 0 Å². The van der Waals surface area contributed by atoms with Crippen LogP contribution in [-0.4, -0.2) is 29.6 Å². The first-order valence-corrected chi connectivity index (χ1v) is 7.83. The van der Waals surface area contributed by atoms with E-state index in [2.05, 4.69) is 5.32 Å². The Kier molecular flexibility index (Phi) is 5.95. The molecule has 22 heavy (non-hydrogen) atoms. The number of carboxylic acid groups (broad SMARTS) is 1. The third kappa shape index (κ3) is 4.31. The molecular weight excluding hydrogens is 282 g/mol. The average molecular weight is 305 g/mol. The van der Waals surface area contributed by atoms with Gasteiger partial charge in [0.1, 0.15) is 6.04 Å². The van der Waals surface area contributed by atoms with Crippen LogP contribution in [0, 0.1) is 0 Å². The second-order valence-corrected chi connectivity index (χ2v) is 5.61. The maximum Gasteiger partial charge on any atom is 0.326 e. The lowest BCUT2D eigenvalue weighted by molar-refractivity contribution is -0.142. The number of hydrogen-bond donors (Lipinski definition) is 2. The highest BCUT2D eigenvalue weighted by atomic mass is 16.5. The lowest BCUT2D eigenvalue weighted by Crippen LogP contribution is -2.41. The van der Waals surface area contributed by atoms with Gasteiger partial charge in [0.05, 0.1) is 19.1 Å². The topological polar surface area (TPSA) is 75.6 Å². The zero-order valence-electron chi connectivity index (χ0n) is 12.9. The van der Waals surface area contributed by atoms with E-state index in [9.17, 15) is 9.59 Å². The number of unbranched alkanes of at least 4 members (excludes halogenated alkanes) is 1. The van der Waals surface area contributed by atoms with Crippen LogP contribution in [0.2, 0.25) is 0 Å². The highest BCUT2D eigenvalue weighted by Gasteiger charge is 2.25. The molecule has 2 N–H and O–H groups in total. The molecule has 1 aromatic rings. The van der Waals surface area contributed by atoms with Gasteiger partial charge >= 0.3 is 5.97 Å². The van der Waals surface area contributed by atoms with Crippen molar-refractivity contribution >= 4 is 11.9 Å². The number of nitrogens with one attached hydrogen (secondary N) is 1. The number of amides is 1. The monoisotopic (exact) mass is 305 g/mol. The summed E-state index contributed by atoms with van der Waals surface area (Å²) in [7, 11) is 0. The Balaban J connectivity index is 1.96. The Labute approximate surface area is 130 Å². The molecule has 120 valence electrons. The maximum atomic E-state index is 12.1. The molecule has 0 aliphatic carbocycles. The van der Waals surface area contributed by atoms with Crippen LogP contribution in [0.4, 0.5) is 0 Å². The molecule has 1 aliphatic rings. The molecule has 0 bridgehead atoms. The molecule has 1 amide bonds. The fraction of sp³-hybridized carbons (Fsp3) is 0.529. The number of rotatable bonds is 7. The van der Waals surface area contributed by atoms with E-state index in [0.29, 0.717) is 13.0 Å². The molecule has 5 heteroatoms. The van der Waals surface area contributed by atoms with Crippen LogP contribution in [0.15, 0.2) is 24.3 Å². The summed E-state index contributed by atoms with van der Waals surface area (Å²) in [4.78, 5) is 23.3. The fourth-order valence-electron chi connectivity index (χ4n) is 2.73. The van der Waals surface area contributed by atoms with Crippen molar-refractivity contribution in [3.05, 3.63) is 35.4 Å². The highest BCUT2D eigenvalue weighted by Crippen LogP contribution is 2.29. The zero-order valence-corrected chi connectivity index (χ0v) is 12.9. The Morgan fingerprint density at radius 1 is 1.41 bits per heavy atom. The number of hydrogen-bond acceptors (Lipinski definition) is 3. The smallest absolute Gasteiger partial charge is 0.326 e. The fourth-order valence-corrected chi connectivity index (χ4v) is 2.73. The van der Waals surface area contributed by atoms with Crippen molar-refractivity contribution in [1.29, 1.82) is 0 Å². The Hall–Kier alpha value is -1.88. The summed E-state index contributed by atoms with van der Waals surface area (Å²) in [5.41, 5.74) is 2.23. The average Bonchev–Trinajstić information content (AvgIpc) is 2.51. The lowest BCUT2D eigenvalue weighted by Gasteiger charge is -2.26.